The van der Waals surface area contributed by atoms with Gasteiger partial charge in [-0.25, -0.2) is 4.98 Å². The molecule has 4 aromatic rings. The smallest absolute Gasteiger partial charge is 0.124 e. The predicted octanol–water partition coefficient (Wildman–Crippen LogP) is 5.25. The van der Waals surface area contributed by atoms with Gasteiger partial charge in [0.2, 0.25) is 0 Å². The lowest BCUT2D eigenvalue weighted by molar-refractivity contribution is 1.44. The first-order valence-corrected chi connectivity index (χ1v) is 8.88. The molecule has 124 valence electrons. The molecule has 0 aliphatic carbocycles. The Morgan fingerprint density at radius 2 is 1.30 bits per heavy atom. The minimum absolute atomic E-state index is 0.545. The Balaban J connectivity index is 1.84. The molecule has 5 heteroatoms. The summed E-state index contributed by atoms with van der Waals surface area (Å²) in [4.78, 5) is 4.65. The monoisotopic (exact) mass is 362 g/mol. The molecule has 3 aromatic carbocycles. The fourth-order valence-corrected chi connectivity index (χ4v) is 3.83. The molecule has 4 rings (SSSR count). The highest BCUT2D eigenvalue weighted by molar-refractivity contribution is 7.21. The summed E-state index contributed by atoms with van der Waals surface area (Å²) in [6.07, 6.45) is 0. The van der Waals surface area contributed by atoms with Gasteiger partial charge in [0.05, 0.1) is 45.1 Å². The van der Waals surface area contributed by atoms with Crippen LogP contribution in [0.5, 0.6) is 0 Å². The summed E-state index contributed by atoms with van der Waals surface area (Å²) in [7, 11) is 0. The van der Waals surface area contributed by atoms with Crippen LogP contribution >= 0.6 is 11.3 Å². The number of nitrogens with zero attached hydrogens (tertiary/aromatic N) is 4. The Kier molecular flexibility index (Phi) is 4.11. The van der Waals surface area contributed by atoms with Gasteiger partial charge in [-0.05, 0) is 59.7 Å². The molecule has 0 amide bonds. The largest absolute Gasteiger partial charge is 0.236 e. The fourth-order valence-electron chi connectivity index (χ4n) is 2.84. The van der Waals surface area contributed by atoms with Gasteiger partial charge in [0.15, 0.2) is 0 Å². The van der Waals surface area contributed by atoms with Gasteiger partial charge in [-0.1, -0.05) is 12.1 Å². The number of aromatic nitrogens is 1. The molecule has 0 saturated carbocycles. The van der Waals surface area contributed by atoms with E-state index in [0.717, 1.165) is 31.9 Å². The molecule has 4 nitrogen and oxygen atoms in total. The van der Waals surface area contributed by atoms with Crippen LogP contribution in [0.3, 0.4) is 0 Å². The van der Waals surface area contributed by atoms with E-state index in [2.05, 4.69) is 23.2 Å². The summed E-state index contributed by atoms with van der Waals surface area (Å²) in [6.45, 7) is 0. The standard InChI is InChI=1S/C22H10N4S/c23-11-14-1-4-17(5-2-14)18-7-16(13-25)8-19(10-18)22-26-20-6-3-15(12-24)9-21(20)27-22/h1-10H. The van der Waals surface area contributed by atoms with Crippen LogP contribution in [0.25, 0.3) is 31.9 Å². The third-order valence-electron chi connectivity index (χ3n) is 4.17. The van der Waals surface area contributed by atoms with E-state index < -0.39 is 0 Å². The molecular weight excluding hydrogens is 352 g/mol. The maximum Gasteiger partial charge on any atom is 0.124 e. The highest BCUT2D eigenvalue weighted by atomic mass is 32.1. The van der Waals surface area contributed by atoms with Crippen molar-refractivity contribution < 1.29 is 0 Å². The minimum Gasteiger partial charge on any atom is -0.236 e. The molecule has 1 heterocycles. The van der Waals surface area contributed by atoms with E-state index in [1.165, 1.54) is 11.3 Å². The van der Waals surface area contributed by atoms with E-state index >= 15 is 0 Å². The van der Waals surface area contributed by atoms with E-state index in [1.54, 1.807) is 18.2 Å². The van der Waals surface area contributed by atoms with Crippen LogP contribution < -0.4 is 0 Å². The Bertz CT molecular complexity index is 1300. The van der Waals surface area contributed by atoms with Gasteiger partial charge in [0.25, 0.3) is 0 Å². The van der Waals surface area contributed by atoms with Crippen molar-refractivity contribution in [1.82, 2.24) is 4.98 Å². The van der Waals surface area contributed by atoms with Gasteiger partial charge < -0.3 is 0 Å². The Morgan fingerprint density at radius 3 is 2.00 bits per heavy atom. The molecule has 0 spiro atoms. The normalized spacial score (nSPS) is 10.1. The second-order valence-corrected chi connectivity index (χ2v) is 6.94. The number of thiazole rings is 1. The first-order chi connectivity index (χ1) is 13.2. The van der Waals surface area contributed by atoms with Crippen LogP contribution in [0.2, 0.25) is 0 Å². The van der Waals surface area contributed by atoms with Gasteiger partial charge in [0.1, 0.15) is 5.01 Å². The number of hydrogen-bond donors (Lipinski definition) is 0. The lowest BCUT2D eigenvalue weighted by Gasteiger charge is -2.05. The first kappa shape index (κ1) is 16.5. The van der Waals surface area contributed by atoms with Crippen molar-refractivity contribution >= 4 is 21.6 Å². The summed E-state index contributed by atoms with van der Waals surface area (Å²) < 4.78 is 0.936. The average molecular weight is 362 g/mol. The zero-order valence-electron chi connectivity index (χ0n) is 14.0. The molecule has 27 heavy (non-hydrogen) atoms. The van der Waals surface area contributed by atoms with Gasteiger partial charge in [0, 0.05) is 5.56 Å². The average Bonchev–Trinajstić information content (AvgIpc) is 3.16. The molecule has 0 unspecified atom stereocenters. The molecule has 0 aliphatic rings. The third kappa shape index (κ3) is 3.14. The van der Waals surface area contributed by atoms with Crippen LogP contribution in [0, 0.1) is 34.0 Å². The third-order valence-corrected chi connectivity index (χ3v) is 5.24. The zero-order chi connectivity index (χ0) is 18.8. The predicted molar refractivity (Wildman–Crippen MR) is 105 cm³/mol. The second kappa shape index (κ2) is 6.73. The van der Waals surface area contributed by atoms with Crippen LogP contribution in [-0.4, -0.2) is 4.98 Å². The molecule has 1 aromatic heterocycles. The van der Waals surface area contributed by atoms with Crippen LogP contribution in [0.4, 0.5) is 0 Å². The zero-order valence-corrected chi connectivity index (χ0v) is 14.8. The number of nitriles is 3. The van der Waals surface area contributed by atoms with Gasteiger partial charge in [-0.2, -0.15) is 15.8 Å². The van der Waals surface area contributed by atoms with Crippen molar-refractivity contribution in [1.29, 1.82) is 15.8 Å². The maximum absolute atomic E-state index is 9.42. The summed E-state index contributed by atoms with van der Waals surface area (Å²) in [5.74, 6) is 0. The van der Waals surface area contributed by atoms with Crippen LogP contribution in [-0.2, 0) is 0 Å². The highest BCUT2D eigenvalue weighted by Gasteiger charge is 2.11. The quantitative estimate of drug-likeness (QED) is 0.488. The Labute approximate surface area is 159 Å². The molecule has 0 saturated heterocycles. The van der Waals surface area contributed by atoms with Crippen molar-refractivity contribution in [3.8, 4) is 39.9 Å². The molecule has 0 fully saturated rings. The summed E-state index contributed by atoms with van der Waals surface area (Å²) in [5, 5.41) is 28.3. The molecule has 0 radical (unpaired) electrons. The molecule has 0 aliphatic heterocycles. The van der Waals surface area contributed by atoms with Crippen LogP contribution in [0.15, 0.2) is 60.7 Å². The Hall–Kier alpha value is -3.98. The summed E-state index contributed by atoms with van der Waals surface area (Å²) >= 11 is 1.49. The van der Waals surface area contributed by atoms with Gasteiger partial charge >= 0.3 is 0 Å². The molecule has 0 N–H and O–H groups in total. The number of fused-ring (bicyclic) bond motifs is 1. The molecular formula is C22H10N4S. The first-order valence-electron chi connectivity index (χ1n) is 8.07. The number of benzene rings is 3. The van der Waals surface area contributed by atoms with Gasteiger partial charge in [-0.3, -0.25) is 0 Å². The number of hydrogen-bond acceptors (Lipinski definition) is 5. The van der Waals surface area contributed by atoms with E-state index in [9.17, 15) is 5.26 Å². The fraction of sp³-hybridized carbons (Fsp3) is 0. The maximum atomic E-state index is 9.42. The van der Waals surface area contributed by atoms with E-state index in [1.807, 2.05) is 42.5 Å². The lowest BCUT2D eigenvalue weighted by atomic mass is 9.99. The van der Waals surface area contributed by atoms with Crippen LogP contribution in [0.1, 0.15) is 16.7 Å². The summed E-state index contributed by atoms with van der Waals surface area (Å²) in [5.41, 5.74) is 5.25. The Morgan fingerprint density at radius 1 is 0.630 bits per heavy atom. The van der Waals surface area contributed by atoms with Crippen molar-refractivity contribution in [2.24, 2.45) is 0 Å². The van der Waals surface area contributed by atoms with Crippen molar-refractivity contribution in [2.45, 2.75) is 0 Å². The van der Waals surface area contributed by atoms with Crippen molar-refractivity contribution in [3.05, 3.63) is 77.4 Å². The molecule has 0 bridgehead atoms. The van der Waals surface area contributed by atoms with Crippen molar-refractivity contribution in [2.75, 3.05) is 0 Å². The minimum atomic E-state index is 0.545. The van der Waals surface area contributed by atoms with Crippen molar-refractivity contribution in [3.63, 3.8) is 0 Å². The summed E-state index contributed by atoms with van der Waals surface area (Å²) in [6, 6.07) is 24.8. The number of rotatable bonds is 2. The van der Waals surface area contributed by atoms with E-state index in [4.69, 9.17) is 10.5 Å². The topological polar surface area (TPSA) is 84.3 Å². The lowest BCUT2D eigenvalue weighted by Crippen LogP contribution is -1.85. The van der Waals surface area contributed by atoms with E-state index in [-0.39, 0.29) is 0 Å². The highest BCUT2D eigenvalue weighted by Crippen LogP contribution is 2.34. The molecule has 0 atom stereocenters. The van der Waals surface area contributed by atoms with E-state index in [0.29, 0.717) is 16.7 Å². The second-order valence-electron chi connectivity index (χ2n) is 5.91. The van der Waals surface area contributed by atoms with Gasteiger partial charge in [-0.15, -0.1) is 11.3 Å². The SMILES string of the molecule is N#Cc1ccc(-c2cc(C#N)cc(-c3nc4ccc(C#N)cc4s3)c2)cc1.